The minimum Gasteiger partial charge on any atom is -0.496 e. The fourth-order valence-electron chi connectivity index (χ4n) is 2.21. The predicted molar refractivity (Wildman–Crippen MR) is 72.5 cm³/mol. The number of benzene rings is 1. The van der Waals surface area contributed by atoms with Crippen molar-refractivity contribution >= 4 is 17.5 Å². The van der Waals surface area contributed by atoms with Gasteiger partial charge in [-0.25, -0.2) is 0 Å². The highest BCUT2D eigenvalue weighted by atomic mass is 35.5. The second-order valence-electron chi connectivity index (χ2n) is 4.67. The highest BCUT2D eigenvalue weighted by Crippen LogP contribution is 2.24. The Hall–Kier alpha value is -1.22. The van der Waals surface area contributed by atoms with Crippen LogP contribution in [0.1, 0.15) is 28.8 Å². The van der Waals surface area contributed by atoms with Gasteiger partial charge in [-0.15, -0.1) is 11.6 Å². The van der Waals surface area contributed by atoms with E-state index < -0.39 is 0 Å². The minimum atomic E-state index is 0.0408. The normalized spacial score (nSPS) is 16.7. The van der Waals surface area contributed by atoms with Gasteiger partial charge in [0.25, 0.3) is 5.91 Å². The van der Waals surface area contributed by atoms with Gasteiger partial charge in [-0.2, -0.15) is 0 Å². The molecule has 0 bridgehead atoms. The molecule has 0 radical (unpaired) electrons. The molecule has 4 heteroatoms. The summed E-state index contributed by atoms with van der Waals surface area (Å²) in [5.41, 5.74) is 1.71. The standard InChI is InChI=1S/C14H18ClNO2/c1-10-3-4-13(18-2)12(9-10)14(17)16-7-5-11(15)6-8-16/h3-4,9,11H,5-8H2,1-2H3. The van der Waals surface area contributed by atoms with Gasteiger partial charge in [0.2, 0.25) is 0 Å². The number of aryl methyl sites for hydroxylation is 1. The molecule has 0 unspecified atom stereocenters. The Morgan fingerprint density at radius 1 is 1.39 bits per heavy atom. The number of carbonyl (C=O) groups excluding carboxylic acids is 1. The fraction of sp³-hybridized carbons (Fsp3) is 0.500. The van der Waals surface area contributed by atoms with Gasteiger partial charge in [0.15, 0.2) is 0 Å². The van der Waals surface area contributed by atoms with Crippen molar-refractivity contribution in [3.8, 4) is 5.75 Å². The van der Waals surface area contributed by atoms with Crippen LogP contribution in [0.2, 0.25) is 0 Å². The third-order valence-electron chi connectivity index (χ3n) is 3.30. The van der Waals surface area contributed by atoms with Gasteiger partial charge in [-0.05, 0) is 31.9 Å². The Morgan fingerprint density at radius 3 is 2.67 bits per heavy atom. The number of likely N-dealkylation sites (tertiary alicyclic amines) is 1. The quantitative estimate of drug-likeness (QED) is 0.771. The number of halogens is 1. The van der Waals surface area contributed by atoms with E-state index in [4.69, 9.17) is 16.3 Å². The van der Waals surface area contributed by atoms with Crippen LogP contribution in [0.25, 0.3) is 0 Å². The van der Waals surface area contributed by atoms with Crippen molar-refractivity contribution < 1.29 is 9.53 Å². The molecule has 0 aromatic heterocycles. The molecule has 1 saturated heterocycles. The van der Waals surface area contributed by atoms with Crippen molar-refractivity contribution in [2.45, 2.75) is 25.1 Å². The lowest BCUT2D eigenvalue weighted by atomic mass is 10.1. The molecule has 1 aliphatic rings. The summed E-state index contributed by atoms with van der Waals surface area (Å²) >= 11 is 6.05. The zero-order valence-electron chi connectivity index (χ0n) is 10.8. The average Bonchev–Trinajstić information content (AvgIpc) is 2.39. The van der Waals surface area contributed by atoms with Gasteiger partial charge in [-0.1, -0.05) is 11.6 Å². The Balaban J connectivity index is 2.20. The van der Waals surface area contributed by atoms with Crippen LogP contribution in [-0.2, 0) is 0 Å². The van der Waals surface area contributed by atoms with E-state index in [1.807, 2.05) is 30.0 Å². The molecule has 2 rings (SSSR count). The average molecular weight is 268 g/mol. The number of methoxy groups -OCH3 is 1. The molecule has 98 valence electrons. The number of nitrogens with zero attached hydrogens (tertiary/aromatic N) is 1. The summed E-state index contributed by atoms with van der Waals surface area (Å²) in [7, 11) is 1.59. The lowest BCUT2D eigenvalue weighted by Crippen LogP contribution is -2.38. The Bertz CT molecular complexity index is 439. The molecule has 1 aromatic rings. The maximum absolute atomic E-state index is 12.4. The lowest BCUT2D eigenvalue weighted by molar-refractivity contribution is 0.0723. The zero-order valence-corrected chi connectivity index (χ0v) is 11.5. The van der Waals surface area contributed by atoms with E-state index in [0.29, 0.717) is 11.3 Å². The molecule has 0 N–H and O–H groups in total. The number of hydrogen-bond donors (Lipinski definition) is 0. The fourth-order valence-corrected chi connectivity index (χ4v) is 2.41. The summed E-state index contributed by atoms with van der Waals surface area (Å²) in [5, 5.41) is 0.202. The number of alkyl halides is 1. The van der Waals surface area contributed by atoms with Crippen molar-refractivity contribution in [1.82, 2.24) is 4.90 Å². The van der Waals surface area contributed by atoms with Gasteiger partial charge in [0, 0.05) is 18.5 Å². The summed E-state index contributed by atoms with van der Waals surface area (Å²) < 4.78 is 5.26. The molecular formula is C14H18ClNO2. The Kier molecular flexibility index (Phi) is 4.12. The number of rotatable bonds is 2. The van der Waals surface area contributed by atoms with Crippen molar-refractivity contribution in [3.63, 3.8) is 0 Å². The van der Waals surface area contributed by atoms with Gasteiger partial charge in [0.05, 0.1) is 12.7 Å². The molecule has 1 heterocycles. The van der Waals surface area contributed by atoms with Crippen LogP contribution in [0.3, 0.4) is 0 Å². The highest BCUT2D eigenvalue weighted by Gasteiger charge is 2.24. The van der Waals surface area contributed by atoms with Crippen LogP contribution in [0.15, 0.2) is 18.2 Å². The van der Waals surface area contributed by atoms with Gasteiger partial charge in [0.1, 0.15) is 5.75 Å². The molecule has 0 aliphatic carbocycles. The topological polar surface area (TPSA) is 29.5 Å². The van der Waals surface area contributed by atoms with E-state index in [0.717, 1.165) is 31.5 Å². The van der Waals surface area contributed by atoms with E-state index in [-0.39, 0.29) is 11.3 Å². The molecule has 1 aliphatic heterocycles. The van der Waals surface area contributed by atoms with Gasteiger partial charge in [-0.3, -0.25) is 4.79 Å². The van der Waals surface area contributed by atoms with E-state index >= 15 is 0 Å². The first kappa shape index (κ1) is 13.2. The second kappa shape index (κ2) is 5.61. The first-order valence-corrected chi connectivity index (χ1v) is 6.63. The predicted octanol–water partition coefficient (Wildman–Crippen LogP) is 2.85. The molecule has 18 heavy (non-hydrogen) atoms. The van der Waals surface area contributed by atoms with Crippen molar-refractivity contribution in [2.24, 2.45) is 0 Å². The molecule has 1 aromatic carbocycles. The smallest absolute Gasteiger partial charge is 0.257 e. The number of piperidine rings is 1. The molecule has 1 fully saturated rings. The lowest BCUT2D eigenvalue weighted by Gasteiger charge is -2.29. The molecule has 1 amide bonds. The number of ether oxygens (including phenoxy) is 1. The summed E-state index contributed by atoms with van der Waals surface area (Å²) in [6.07, 6.45) is 1.73. The maximum atomic E-state index is 12.4. The highest BCUT2D eigenvalue weighted by molar-refractivity contribution is 6.20. The van der Waals surface area contributed by atoms with Crippen LogP contribution in [-0.4, -0.2) is 36.4 Å². The van der Waals surface area contributed by atoms with E-state index in [9.17, 15) is 4.79 Å². The summed E-state index contributed by atoms with van der Waals surface area (Å²) in [5.74, 6) is 0.678. The summed E-state index contributed by atoms with van der Waals surface area (Å²) in [6.45, 7) is 3.43. The van der Waals surface area contributed by atoms with E-state index in [1.165, 1.54) is 0 Å². The van der Waals surface area contributed by atoms with E-state index in [1.54, 1.807) is 7.11 Å². The Labute approximate surface area is 113 Å². The number of carbonyl (C=O) groups is 1. The monoisotopic (exact) mass is 267 g/mol. The molecule has 3 nitrogen and oxygen atoms in total. The van der Waals surface area contributed by atoms with Gasteiger partial charge < -0.3 is 9.64 Å². The number of hydrogen-bond acceptors (Lipinski definition) is 2. The molecular weight excluding hydrogens is 250 g/mol. The molecule has 0 atom stereocenters. The summed E-state index contributed by atoms with van der Waals surface area (Å²) in [6, 6.07) is 5.67. The SMILES string of the molecule is COc1ccc(C)cc1C(=O)N1CCC(Cl)CC1. The van der Waals surface area contributed by atoms with Crippen LogP contribution in [0, 0.1) is 6.92 Å². The zero-order chi connectivity index (χ0) is 13.1. The van der Waals surface area contributed by atoms with Crippen LogP contribution >= 0.6 is 11.6 Å². The van der Waals surface area contributed by atoms with E-state index in [2.05, 4.69) is 0 Å². The second-order valence-corrected chi connectivity index (χ2v) is 5.29. The third kappa shape index (κ3) is 2.78. The van der Waals surface area contributed by atoms with Crippen LogP contribution in [0.5, 0.6) is 5.75 Å². The van der Waals surface area contributed by atoms with Crippen molar-refractivity contribution in [2.75, 3.05) is 20.2 Å². The molecule has 0 saturated carbocycles. The van der Waals surface area contributed by atoms with Gasteiger partial charge >= 0.3 is 0 Å². The largest absolute Gasteiger partial charge is 0.496 e. The van der Waals surface area contributed by atoms with Crippen LogP contribution < -0.4 is 4.74 Å². The molecule has 0 spiro atoms. The first-order valence-electron chi connectivity index (χ1n) is 6.20. The maximum Gasteiger partial charge on any atom is 0.257 e. The minimum absolute atomic E-state index is 0.0408. The van der Waals surface area contributed by atoms with Crippen molar-refractivity contribution in [3.05, 3.63) is 29.3 Å². The first-order chi connectivity index (χ1) is 8.61. The Morgan fingerprint density at radius 2 is 2.06 bits per heavy atom. The van der Waals surface area contributed by atoms with Crippen LogP contribution in [0.4, 0.5) is 0 Å². The summed E-state index contributed by atoms with van der Waals surface area (Å²) in [4.78, 5) is 14.3. The third-order valence-corrected chi connectivity index (χ3v) is 3.73. The number of amides is 1. The van der Waals surface area contributed by atoms with Crippen molar-refractivity contribution in [1.29, 1.82) is 0 Å².